The van der Waals surface area contributed by atoms with Crippen LogP contribution in [0.3, 0.4) is 0 Å². The van der Waals surface area contributed by atoms with Crippen molar-refractivity contribution in [1.82, 2.24) is 0 Å². The lowest BCUT2D eigenvalue weighted by Crippen LogP contribution is -2.41. The van der Waals surface area contributed by atoms with Crippen LogP contribution in [-0.2, 0) is 14.1 Å². The quantitative estimate of drug-likeness (QED) is 0.737. The summed E-state index contributed by atoms with van der Waals surface area (Å²) in [5.74, 6) is -1.33. The third kappa shape index (κ3) is 4.34. The van der Waals surface area contributed by atoms with Crippen molar-refractivity contribution in [3.05, 3.63) is 40.4 Å². The van der Waals surface area contributed by atoms with Crippen molar-refractivity contribution in [3.8, 4) is 6.07 Å². The van der Waals surface area contributed by atoms with Crippen molar-refractivity contribution >= 4 is 30.1 Å². The summed E-state index contributed by atoms with van der Waals surface area (Å²) in [5, 5.41) is 8.68. The molecule has 1 aromatic carbocycles. The summed E-state index contributed by atoms with van der Waals surface area (Å²) in [6.45, 7) is 8.94. The minimum absolute atomic E-state index is 0.0321. The summed E-state index contributed by atoms with van der Waals surface area (Å²) < 4.78 is 40.1. The lowest BCUT2D eigenvalue weighted by Gasteiger charge is -2.32. The first-order chi connectivity index (χ1) is 12.0. The molecule has 138 valence electrons. The molecule has 0 saturated carbocycles. The smallest absolute Gasteiger partial charge is 0.400 e. The van der Waals surface area contributed by atoms with Gasteiger partial charge in [0.05, 0.1) is 16.8 Å². The molecular weight excluding hydrogens is 359 g/mol. The average Bonchev–Trinajstić information content (AvgIpc) is 2.74. The zero-order valence-electron chi connectivity index (χ0n) is 15.4. The molecule has 1 aromatic rings. The van der Waals surface area contributed by atoms with Crippen LogP contribution in [0.4, 0.5) is 8.78 Å². The van der Waals surface area contributed by atoms with Gasteiger partial charge in [0.1, 0.15) is 17.7 Å². The molecule has 0 unspecified atom stereocenters. The van der Waals surface area contributed by atoms with Crippen LogP contribution in [0, 0.1) is 23.0 Å². The van der Waals surface area contributed by atoms with Gasteiger partial charge in [-0.05, 0) is 45.3 Å². The van der Waals surface area contributed by atoms with Crippen LogP contribution in [-0.4, -0.2) is 29.2 Å². The van der Waals surface area contributed by atoms with Gasteiger partial charge in [-0.15, -0.1) is 0 Å². The molecule has 1 saturated heterocycles. The summed E-state index contributed by atoms with van der Waals surface area (Å²) in [4.78, 5) is 11.4. The fraction of sp³-hybridized carbons (Fsp3) is 0.444. The van der Waals surface area contributed by atoms with Gasteiger partial charge >= 0.3 is 7.12 Å². The zero-order valence-corrected chi connectivity index (χ0v) is 16.2. The highest BCUT2D eigenvalue weighted by Crippen LogP contribution is 2.39. The van der Waals surface area contributed by atoms with Gasteiger partial charge in [-0.25, -0.2) is 8.78 Å². The number of hydrogen-bond donors (Lipinski definition) is 0. The Kier molecular flexibility index (Phi) is 5.96. The van der Waals surface area contributed by atoms with E-state index in [4.69, 9.17) is 14.6 Å². The first-order valence-electron chi connectivity index (χ1n) is 8.05. The molecule has 2 rings (SSSR count). The lowest BCUT2D eigenvalue weighted by atomic mass is 9.78. The fourth-order valence-electron chi connectivity index (χ4n) is 2.32. The van der Waals surface area contributed by atoms with Gasteiger partial charge in [0.2, 0.25) is 0 Å². The van der Waals surface area contributed by atoms with E-state index in [1.165, 1.54) is 13.0 Å². The summed E-state index contributed by atoms with van der Waals surface area (Å²) >= 11 is 1.03. The average molecular weight is 379 g/mol. The second-order valence-corrected chi connectivity index (χ2v) is 8.21. The van der Waals surface area contributed by atoms with Crippen molar-refractivity contribution in [3.63, 3.8) is 0 Å². The van der Waals surface area contributed by atoms with E-state index < -0.39 is 30.0 Å². The molecular formula is C18H20BF2NO3S. The Balaban J connectivity index is 2.43. The minimum Gasteiger partial charge on any atom is -0.400 e. The third-order valence-electron chi connectivity index (χ3n) is 4.55. The molecule has 1 aliphatic rings. The number of nitrogens with zero attached hydrogens (tertiary/aromatic N) is 1. The molecule has 0 amide bonds. The maximum absolute atomic E-state index is 14.2. The Bertz CT molecular complexity index is 786. The Morgan fingerprint density at radius 2 is 1.81 bits per heavy atom. The second kappa shape index (κ2) is 7.51. The largest absolute Gasteiger partial charge is 0.491 e. The van der Waals surface area contributed by atoms with Gasteiger partial charge in [-0.1, -0.05) is 17.8 Å². The lowest BCUT2D eigenvalue weighted by molar-refractivity contribution is -0.109. The van der Waals surface area contributed by atoms with Crippen LogP contribution in [0.1, 0.15) is 45.7 Å². The van der Waals surface area contributed by atoms with Crippen molar-refractivity contribution in [2.24, 2.45) is 0 Å². The molecule has 1 fully saturated rings. The van der Waals surface area contributed by atoms with E-state index in [-0.39, 0.29) is 22.0 Å². The highest BCUT2D eigenvalue weighted by atomic mass is 32.2. The Morgan fingerprint density at radius 1 is 1.23 bits per heavy atom. The van der Waals surface area contributed by atoms with Gasteiger partial charge in [0, 0.05) is 18.2 Å². The van der Waals surface area contributed by atoms with E-state index in [0.717, 1.165) is 23.9 Å². The predicted octanol–water partition coefficient (Wildman–Crippen LogP) is 4.13. The van der Waals surface area contributed by atoms with E-state index >= 15 is 0 Å². The number of hydrogen-bond acceptors (Lipinski definition) is 5. The number of halogens is 2. The molecule has 0 aromatic heterocycles. The van der Waals surface area contributed by atoms with Gasteiger partial charge in [-0.3, -0.25) is 4.79 Å². The molecule has 0 radical (unpaired) electrons. The maximum Gasteiger partial charge on any atom is 0.491 e. The van der Waals surface area contributed by atoms with E-state index in [1.54, 1.807) is 6.07 Å². The predicted molar refractivity (Wildman–Crippen MR) is 98.3 cm³/mol. The van der Waals surface area contributed by atoms with Crippen molar-refractivity contribution < 1.29 is 22.9 Å². The second-order valence-electron chi connectivity index (χ2n) is 7.05. The Labute approximate surface area is 156 Å². The molecule has 4 nitrogen and oxygen atoms in total. The number of carbonyl (C=O) groups excluding carboxylic acids is 1. The Morgan fingerprint density at radius 3 is 2.31 bits per heavy atom. The SMILES string of the molecule is CC(=O)SCC(=Cc1cc(F)c(C#N)cc1F)B1OC(C)(C)C(C)(C)O1. The number of thioether (sulfide) groups is 1. The van der Waals surface area contributed by atoms with Crippen molar-refractivity contribution in [2.45, 2.75) is 45.8 Å². The third-order valence-corrected chi connectivity index (χ3v) is 5.43. The summed E-state index contributed by atoms with van der Waals surface area (Å²) in [7, 11) is -0.787. The number of benzene rings is 1. The number of nitriles is 1. The first kappa shape index (κ1) is 20.6. The van der Waals surface area contributed by atoms with E-state index in [2.05, 4.69) is 0 Å². The van der Waals surface area contributed by atoms with Gasteiger partial charge < -0.3 is 9.31 Å². The summed E-state index contributed by atoms with van der Waals surface area (Å²) in [5.41, 5.74) is -1.10. The molecule has 0 bridgehead atoms. The van der Waals surface area contributed by atoms with Gasteiger partial charge in [0.25, 0.3) is 0 Å². The minimum atomic E-state index is -0.812. The number of carbonyl (C=O) groups is 1. The van der Waals surface area contributed by atoms with E-state index in [0.29, 0.717) is 5.47 Å². The molecule has 1 aliphatic heterocycles. The highest BCUT2D eigenvalue weighted by molar-refractivity contribution is 8.13. The molecule has 0 spiro atoms. The van der Waals surface area contributed by atoms with Crippen LogP contribution in [0.5, 0.6) is 0 Å². The van der Waals surface area contributed by atoms with Gasteiger partial charge in [-0.2, -0.15) is 5.26 Å². The van der Waals surface area contributed by atoms with Crippen molar-refractivity contribution in [1.29, 1.82) is 5.26 Å². The van der Waals surface area contributed by atoms with Crippen LogP contribution in [0.2, 0.25) is 0 Å². The van der Waals surface area contributed by atoms with Crippen LogP contribution >= 0.6 is 11.8 Å². The van der Waals surface area contributed by atoms with Crippen LogP contribution in [0.25, 0.3) is 6.08 Å². The van der Waals surface area contributed by atoms with E-state index in [9.17, 15) is 13.6 Å². The number of rotatable bonds is 4. The summed E-state index contributed by atoms with van der Waals surface area (Å²) in [6.07, 6.45) is 1.41. The standard InChI is InChI=1S/C18H20BF2NO3S/c1-11(23)26-10-14(19-24-17(2,3)18(4,5)25-19)6-12-7-16(21)13(9-22)8-15(12)20/h6-8H,10H2,1-5H3. The van der Waals surface area contributed by atoms with Gasteiger partial charge in [0.15, 0.2) is 5.12 Å². The zero-order chi connectivity index (χ0) is 19.7. The molecule has 8 heteroatoms. The van der Waals surface area contributed by atoms with Crippen LogP contribution in [0.15, 0.2) is 17.6 Å². The van der Waals surface area contributed by atoms with Crippen molar-refractivity contribution in [2.75, 3.05) is 5.75 Å². The topological polar surface area (TPSA) is 59.3 Å². The van der Waals surface area contributed by atoms with E-state index in [1.807, 2.05) is 27.7 Å². The molecule has 0 aliphatic carbocycles. The monoisotopic (exact) mass is 379 g/mol. The molecule has 26 heavy (non-hydrogen) atoms. The summed E-state index contributed by atoms with van der Waals surface area (Å²) in [6, 6.07) is 3.40. The highest BCUT2D eigenvalue weighted by Gasteiger charge is 2.52. The first-order valence-corrected chi connectivity index (χ1v) is 9.04. The fourth-order valence-corrected chi connectivity index (χ4v) is 2.90. The normalized spacial score (nSPS) is 18.7. The Hall–Kier alpha value is -1.69. The maximum atomic E-state index is 14.2. The molecule has 0 atom stereocenters. The van der Waals surface area contributed by atoms with Crippen LogP contribution < -0.4 is 0 Å². The molecule has 0 N–H and O–H groups in total. The molecule has 1 heterocycles.